The summed E-state index contributed by atoms with van der Waals surface area (Å²) >= 11 is 1.61. The van der Waals surface area contributed by atoms with Gasteiger partial charge in [-0.05, 0) is 75.4 Å². The molecule has 2 atom stereocenters. The van der Waals surface area contributed by atoms with Crippen molar-refractivity contribution in [3.8, 4) is 17.2 Å². The van der Waals surface area contributed by atoms with E-state index in [9.17, 15) is 24.3 Å². The summed E-state index contributed by atoms with van der Waals surface area (Å²) in [7, 11) is 0. The molecule has 1 fully saturated rings. The van der Waals surface area contributed by atoms with Gasteiger partial charge >= 0.3 is 0 Å². The van der Waals surface area contributed by atoms with Crippen LogP contribution in [0.1, 0.15) is 65.7 Å². The summed E-state index contributed by atoms with van der Waals surface area (Å²) < 4.78 is 7.06. The van der Waals surface area contributed by atoms with E-state index >= 15 is 0 Å². The minimum Gasteiger partial charge on any atom is -0.508 e. The molecule has 4 amide bonds. The molecule has 274 valence electrons. The van der Waals surface area contributed by atoms with Crippen LogP contribution in [0, 0.1) is 6.92 Å². The largest absolute Gasteiger partial charge is 0.508 e. The molecule has 4 N–H and O–H groups in total. The smallest absolute Gasteiger partial charge is 0.257 e. The number of phenolic OH excluding ortho intramolecular Hbond substituents is 1. The normalized spacial score (nSPS) is 19.6. The van der Waals surface area contributed by atoms with Crippen LogP contribution in [0.25, 0.3) is 5.69 Å². The lowest BCUT2D eigenvalue weighted by Crippen LogP contribution is -2.52. The highest BCUT2D eigenvalue weighted by atomic mass is 32.1. The zero-order valence-corrected chi connectivity index (χ0v) is 29.9. The molecular weight excluding hydrogens is 685 g/mol. The molecule has 0 saturated carbocycles. The number of rotatable bonds is 11. The molecular formula is C37H44N8O6S. The van der Waals surface area contributed by atoms with Crippen molar-refractivity contribution in [2.45, 2.75) is 76.3 Å². The number of phenols is 1. The Hall–Kier alpha value is -5.31. The van der Waals surface area contributed by atoms with Gasteiger partial charge in [-0.15, -0.1) is 16.4 Å². The maximum Gasteiger partial charge on any atom is 0.257 e. The Kier molecular flexibility index (Phi) is 12.1. The second-order valence-electron chi connectivity index (χ2n) is 13.2. The minimum atomic E-state index is -0.889. The molecule has 0 aliphatic carbocycles. The van der Waals surface area contributed by atoms with Gasteiger partial charge in [0.1, 0.15) is 17.5 Å². The first-order valence-corrected chi connectivity index (χ1v) is 18.5. The Labute approximate surface area is 306 Å². The quantitative estimate of drug-likeness (QED) is 0.169. The number of unbranched alkanes of at least 4 members (excludes halogenated alkanes) is 1. The van der Waals surface area contributed by atoms with Gasteiger partial charge in [-0.25, -0.2) is 9.67 Å². The zero-order chi connectivity index (χ0) is 36.5. The number of amides is 4. The van der Waals surface area contributed by atoms with Gasteiger partial charge in [0, 0.05) is 49.3 Å². The number of piperidine rings is 1. The number of thiazole rings is 1. The van der Waals surface area contributed by atoms with Crippen molar-refractivity contribution in [1.82, 2.24) is 40.8 Å². The van der Waals surface area contributed by atoms with Crippen LogP contribution in [0.4, 0.5) is 0 Å². The predicted molar refractivity (Wildman–Crippen MR) is 193 cm³/mol. The number of ether oxygens (including phenoxy) is 1. The van der Waals surface area contributed by atoms with Crippen LogP contribution in [-0.2, 0) is 32.0 Å². The summed E-state index contributed by atoms with van der Waals surface area (Å²) in [4.78, 5) is 60.9. The molecule has 3 aliphatic heterocycles. The van der Waals surface area contributed by atoms with E-state index in [0.717, 1.165) is 28.4 Å². The molecule has 7 rings (SSSR count). The topological polar surface area (TPSA) is 181 Å². The summed E-state index contributed by atoms with van der Waals surface area (Å²) in [6.45, 7) is 3.36. The molecule has 14 nitrogen and oxygen atoms in total. The first kappa shape index (κ1) is 36.5. The number of carbonyl (C=O) groups excluding carboxylic acids is 4. The van der Waals surface area contributed by atoms with Gasteiger partial charge in [0.05, 0.1) is 34.7 Å². The molecule has 0 radical (unpaired) electrons. The van der Waals surface area contributed by atoms with E-state index in [0.29, 0.717) is 56.0 Å². The number of carbonyl (C=O) groups is 4. The van der Waals surface area contributed by atoms with E-state index in [4.69, 9.17) is 9.72 Å². The van der Waals surface area contributed by atoms with E-state index < -0.39 is 12.1 Å². The summed E-state index contributed by atoms with van der Waals surface area (Å²) in [5.41, 5.74) is 1.95. The third-order valence-electron chi connectivity index (χ3n) is 9.31. The number of aryl methyl sites for hydroxylation is 1. The Balaban J connectivity index is 1.12. The number of para-hydroxylation sites is 1. The van der Waals surface area contributed by atoms with Gasteiger partial charge in [-0.1, -0.05) is 23.4 Å². The molecule has 2 aromatic heterocycles. The van der Waals surface area contributed by atoms with E-state index in [1.807, 2.05) is 25.1 Å². The molecule has 4 bridgehead atoms. The van der Waals surface area contributed by atoms with Crippen molar-refractivity contribution in [3.63, 3.8) is 0 Å². The summed E-state index contributed by atoms with van der Waals surface area (Å²) in [6, 6.07) is 14.2. The van der Waals surface area contributed by atoms with Crippen LogP contribution in [0.3, 0.4) is 0 Å². The lowest BCUT2D eigenvalue weighted by atomic mass is 9.96. The SMILES string of the molecule is Cc1sc2nc1CC(=O)N[C@@H](CCCCNC(=O)COc1ccccc1)CC(=O)N[C@H](Cc1cn(-c3ccc(O)cc3)nn1)C(=O)N1CCC2CC1. The average molecular weight is 729 g/mol. The van der Waals surface area contributed by atoms with Crippen LogP contribution in [0.5, 0.6) is 11.5 Å². The van der Waals surface area contributed by atoms with Gasteiger partial charge in [0.25, 0.3) is 5.91 Å². The number of hydrogen-bond acceptors (Lipinski definition) is 10. The fourth-order valence-corrected chi connectivity index (χ4v) is 7.59. The maximum atomic E-state index is 14.0. The van der Waals surface area contributed by atoms with Crippen molar-refractivity contribution >= 4 is 35.0 Å². The van der Waals surface area contributed by atoms with Gasteiger partial charge in [0.15, 0.2) is 6.61 Å². The van der Waals surface area contributed by atoms with Crippen molar-refractivity contribution in [2.75, 3.05) is 26.2 Å². The number of fused-ring (bicyclic) bond motifs is 10. The number of aromatic nitrogens is 4. The first-order valence-electron chi connectivity index (χ1n) is 17.7. The average Bonchev–Trinajstić information content (AvgIpc) is 3.76. The molecule has 0 unspecified atom stereocenters. The second kappa shape index (κ2) is 17.3. The standard InChI is InChI=1S/C37H44N8O6S/c1-24-31-21-34(48)39-26(7-5-6-16-38-35(49)23-51-30-8-3-2-4-9-30)20-33(47)40-32(37(50)44-17-14-25(15-18-44)36(41-31)52-24)19-27-22-45(43-42-27)28-10-12-29(46)13-11-28/h2-4,8-13,22,25-26,32,46H,5-7,14-21,23H2,1H3,(H,38,49)(H,39,48)(H,40,47)/t26-,32+/m0/s1. The lowest BCUT2D eigenvalue weighted by Gasteiger charge is -2.34. The van der Waals surface area contributed by atoms with Gasteiger partial charge < -0.3 is 30.7 Å². The first-order chi connectivity index (χ1) is 25.2. The van der Waals surface area contributed by atoms with E-state index in [1.54, 1.807) is 63.5 Å². The van der Waals surface area contributed by atoms with E-state index in [2.05, 4.69) is 26.3 Å². The molecule has 3 aliphatic rings. The lowest BCUT2D eigenvalue weighted by molar-refractivity contribution is -0.137. The summed E-state index contributed by atoms with van der Waals surface area (Å²) in [6.07, 6.45) is 5.16. The third-order valence-corrected chi connectivity index (χ3v) is 10.5. The van der Waals surface area contributed by atoms with Crippen LogP contribution in [0.2, 0.25) is 0 Å². The van der Waals surface area contributed by atoms with E-state index in [-0.39, 0.29) is 61.2 Å². The molecule has 4 aromatic rings. The highest BCUT2D eigenvalue weighted by molar-refractivity contribution is 7.11. The fourth-order valence-electron chi connectivity index (χ4n) is 6.48. The van der Waals surface area contributed by atoms with Gasteiger partial charge in [-0.2, -0.15) is 0 Å². The summed E-state index contributed by atoms with van der Waals surface area (Å²) in [5, 5.41) is 28.0. The summed E-state index contributed by atoms with van der Waals surface area (Å²) in [5.74, 6) is -0.0779. The minimum absolute atomic E-state index is 0.0314. The monoisotopic (exact) mass is 728 g/mol. The number of nitrogens with zero attached hydrogens (tertiary/aromatic N) is 5. The van der Waals surface area contributed by atoms with Crippen LogP contribution in [0.15, 0.2) is 60.8 Å². The molecule has 1 saturated heterocycles. The Bertz CT molecular complexity index is 1840. The van der Waals surface area contributed by atoms with Crippen molar-refractivity contribution in [2.24, 2.45) is 0 Å². The van der Waals surface area contributed by atoms with Crippen molar-refractivity contribution in [3.05, 3.63) is 82.1 Å². The van der Waals surface area contributed by atoms with E-state index in [1.165, 1.54) is 0 Å². The number of nitrogens with one attached hydrogen (secondary N) is 3. The molecule has 15 heteroatoms. The van der Waals surface area contributed by atoms with Crippen molar-refractivity contribution < 1.29 is 29.0 Å². The predicted octanol–water partition coefficient (Wildman–Crippen LogP) is 2.97. The highest BCUT2D eigenvalue weighted by Gasteiger charge is 2.33. The van der Waals surface area contributed by atoms with Crippen molar-refractivity contribution in [1.29, 1.82) is 0 Å². The van der Waals surface area contributed by atoms with Gasteiger partial charge in [0.2, 0.25) is 17.7 Å². The van der Waals surface area contributed by atoms with Crippen LogP contribution >= 0.6 is 11.3 Å². The molecule has 52 heavy (non-hydrogen) atoms. The zero-order valence-electron chi connectivity index (χ0n) is 29.1. The van der Waals surface area contributed by atoms with Gasteiger partial charge in [-0.3, -0.25) is 19.2 Å². The maximum absolute atomic E-state index is 14.0. The number of benzene rings is 2. The molecule has 5 heterocycles. The number of hydrogen-bond donors (Lipinski definition) is 4. The Morgan fingerprint density at radius 1 is 1.02 bits per heavy atom. The van der Waals surface area contributed by atoms with Crippen LogP contribution < -0.4 is 20.7 Å². The third kappa shape index (κ3) is 9.93. The fraction of sp³-hybridized carbons (Fsp3) is 0.432. The number of aromatic hydroxyl groups is 1. The Morgan fingerprint density at radius 2 is 1.79 bits per heavy atom. The second-order valence-corrected chi connectivity index (χ2v) is 14.5. The molecule has 0 spiro atoms. The Morgan fingerprint density at radius 3 is 2.56 bits per heavy atom. The van der Waals surface area contributed by atoms with Crippen LogP contribution in [-0.4, -0.2) is 91.9 Å². The highest BCUT2D eigenvalue weighted by Crippen LogP contribution is 2.33. The molecule has 2 aromatic carbocycles.